The molecule has 1 saturated carbocycles. The normalized spacial score (nSPS) is 15.8. The van der Waals surface area contributed by atoms with Crippen molar-refractivity contribution in [1.82, 2.24) is 24.4 Å². The van der Waals surface area contributed by atoms with E-state index in [1.54, 1.807) is 11.1 Å². The third-order valence-electron chi connectivity index (χ3n) is 8.19. The van der Waals surface area contributed by atoms with Crippen molar-refractivity contribution in [2.24, 2.45) is 0 Å². The number of hydrogen-bond donors (Lipinski definition) is 1. The standard InChI is InChI=1S/C34H44N6O4.H2/c1-7-8-19-43-23(3)29-22(2)27-21-36-32(38-30(27)40(31(29)41)26-11-9-10-12-26)37-28-14-13-25(20-35-28)24-15-17-39(18-16-24)33(42)44-34(4,5)6;/h13-15,20-21,26H,3,7-12,16-19H2,1-2,4-6H3,(H,35,36,37,38);1H. The molecule has 5 rings (SSSR count). The minimum absolute atomic E-state index is 0. The van der Waals surface area contributed by atoms with Crippen LogP contribution in [0.25, 0.3) is 22.4 Å². The Morgan fingerprint density at radius 1 is 1.18 bits per heavy atom. The van der Waals surface area contributed by atoms with E-state index in [0.29, 0.717) is 48.4 Å². The Balaban J connectivity index is 0.00000461. The molecule has 10 heteroatoms. The van der Waals surface area contributed by atoms with Gasteiger partial charge < -0.3 is 19.7 Å². The Kier molecular flexibility index (Phi) is 9.36. The monoisotopic (exact) mass is 602 g/mol. The van der Waals surface area contributed by atoms with Gasteiger partial charge >= 0.3 is 6.09 Å². The highest BCUT2D eigenvalue weighted by atomic mass is 16.6. The van der Waals surface area contributed by atoms with Gasteiger partial charge in [0.15, 0.2) is 0 Å². The zero-order chi connectivity index (χ0) is 31.4. The molecule has 3 aromatic heterocycles. The number of pyridine rings is 2. The van der Waals surface area contributed by atoms with Crippen LogP contribution in [0.1, 0.15) is 96.8 Å². The molecule has 1 aliphatic carbocycles. The molecule has 10 nitrogen and oxygen atoms in total. The third kappa shape index (κ3) is 6.95. The highest BCUT2D eigenvalue weighted by molar-refractivity contribution is 5.84. The summed E-state index contributed by atoms with van der Waals surface area (Å²) >= 11 is 0. The van der Waals surface area contributed by atoms with Crippen LogP contribution in [-0.4, -0.2) is 55.8 Å². The molecule has 236 valence electrons. The molecule has 3 aromatic rings. The molecule has 0 aromatic carbocycles. The van der Waals surface area contributed by atoms with E-state index in [4.69, 9.17) is 14.5 Å². The summed E-state index contributed by atoms with van der Waals surface area (Å²) in [5.74, 6) is 1.38. The van der Waals surface area contributed by atoms with Crippen molar-refractivity contribution in [2.75, 3.05) is 25.0 Å². The number of unbranched alkanes of at least 4 members (excludes halogenated alkanes) is 1. The zero-order valence-corrected chi connectivity index (χ0v) is 26.6. The van der Waals surface area contributed by atoms with Crippen molar-refractivity contribution in [1.29, 1.82) is 0 Å². The molecule has 0 radical (unpaired) electrons. The van der Waals surface area contributed by atoms with Gasteiger partial charge in [-0.25, -0.2) is 14.8 Å². The number of carbonyl (C=O) groups excluding carboxylic acids is 1. The molecule has 1 amide bonds. The number of nitrogens with one attached hydrogen (secondary N) is 1. The van der Waals surface area contributed by atoms with Gasteiger partial charge in [-0.3, -0.25) is 9.36 Å². The predicted octanol–water partition coefficient (Wildman–Crippen LogP) is 7.41. The van der Waals surface area contributed by atoms with Crippen molar-refractivity contribution >= 4 is 40.2 Å². The first-order valence-electron chi connectivity index (χ1n) is 15.7. The summed E-state index contributed by atoms with van der Waals surface area (Å²) in [6.45, 7) is 15.3. The van der Waals surface area contributed by atoms with Gasteiger partial charge in [-0.15, -0.1) is 0 Å². The number of amides is 1. The largest absolute Gasteiger partial charge is 0.493 e. The Hall–Kier alpha value is -4.21. The number of hydrogen-bond acceptors (Lipinski definition) is 8. The van der Waals surface area contributed by atoms with Gasteiger partial charge in [0.25, 0.3) is 5.56 Å². The second kappa shape index (κ2) is 13.2. The summed E-state index contributed by atoms with van der Waals surface area (Å²) in [5.41, 5.74) is 3.41. The van der Waals surface area contributed by atoms with Gasteiger partial charge in [0.2, 0.25) is 5.95 Å². The van der Waals surface area contributed by atoms with E-state index < -0.39 is 5.60 Å². The van der Waals surface area contributed by atoms with Crippen LogP contribution in [0.2, 0.25) is 0 Å². The Bertz CT molecular complexity index is 1620. The van der Waals surface area contributed by atoms with Crippen LogP contribution in [0, 0.1) is 6.92 Å². The molecule has 1 fully saturated rings. The van der Waals surface area contributed by atoms with Crippen molar-refractivity contribution in [3.63, 3.8) is 0 Å². The van der Waals surface area contributed by atoms with Crippen LogP contribution < -0.4 is 10.9 Å². The summed E-state index contributed by atoms with van der Waals surface area (Å²) in [4.78, 5) is 42.1. The SMILES string of the molecule is C=C(OCCCC)c1c(C)c2cnc(Nc3ccc(C4=CCN(C(=O)OC(C)(C)C)CC4)cn3)nc2n(C2CCCC2)c1=O.[HH]. The van der Waals surface area contributed by atoms with Crippen LogP contribution >= 0.6 is 0 Å². The third-order valence-corrected chi connectivity index (χ3v) is 8.19. The number of nitrogens with zero attached hydrogens (tertiary/aromatic N) is 5. The Morgan fingerprint density at radius 2 is 1.95 bits per heavy atom. The summed E-state index contributed by atoms with van der Waals surface area (Å²) in [6, 6.07) is 3.96. The average molecular weight is 603 g/mol. The molecule has 0 atom stereocenters. The molecule has 0 unspecified atom stereocenters. The zero-order valence-electron chi connectivity index (χ0n) is 26.6. The molecule has 44 heavy (non-hydrogen) atoms. The number of anilines is 2. The predicted molar refractivity (Wildman–Crippen MR) is 176 cm³/mol. The van der Waals surface area contributed by atoms with Crippen LogP contribution in [0.15, 0.2) is 42.0 Å². The molecular weight excluding hydrogens is 556 g/mol. The highest BCUT2D eigenvalue weighted by Crippen LogP contribution is 2.33. The van der Waals surface area contributed by atoms with E-state index in [2.05, 4.69) is 28.8 Å². The quantitative estimate of drug-likeness (QED) is 0.199. The minimum atomic E-state index is -0.518. The molecule has 0 spiro atoms. The lowest BCUT2D eigenvalue weighted by molar-refractivity contribution is 0.0270. The second-order valence-corrected chi connectivity index (χ2v) is 12.6. The maximum atomic E-state index is 13.9. The first-order valence-corrected chi connectivity index (χ1v) is 15.7. The van der Waals surface area contributed by atoms with E-state index in [9.17, 15) is 9.59 Å². The first kappa shape index (κ1) is 31.2. The lowest BCUT2D eigenvalue weighted by Crippen LogP contribution is -2.39. The van der Waals surface area contributed by atoms with Crippen LogP contribution in [0.3, 0.4) is 0 Å². The summed E-state index contributed by atoms with van der Waals surface area (Å²) in [6.07, 6.45) is 12.0. The van der Waals surface area contributed by atoms with E-state index >= 15 is 0 Å². The lowest BCUT2D eigenvalue weighted by Gasteiger charge is -2.29. The maximum Gasteiger partial charge on any atom is 0.410 e. The fourth-order valence-electron chi connectivity index (χ4n) is 5.83. The van der Waals surface area contributed by atoms with Crippen molar-refractivity contribution in [3.8, 4) is 0 Å². The van der Waals surface area contributed by atoms with Gasteiger partial charge in [0.05, 0.1) is 12.2 Å². The van der Waals surface area contributed by atoms with Crippen molar-refractivity contribution < 1.29 is 15.7 Å². The van der Waals surface area contributed by atoms with Crippen molar-refractivity contribution in [2.45, 2.75) is 91.2 Å². The van der Waals surface area contributed by atoms with E-state index in [1.165, 1.54) is 0 Å². The maximum absolute atomic E-state index is 13.9. The molecule has 4 heterocycles. The Labute approximate surface area is 260 Å². The molecule has 2 aliphatic rings. The number of rotatable bonds is 9. The topological polar surface area (TPSA) is 111 Å². The average Bonchev–Trinajstić information content (AvgIpc) is 3.51. The lowest BCUT2D eigenvalue weighted by atomic mass is 10.0. The van der Waals surface area contributed by atoms with Crippen LogP contribution in [-0.2, 0) is 9.47 Å². The van der Waals surface area contributed by atoms with E-state index in [0.717, 1.165) is 67.0 Å². The van der Waals surface area contributed by atoms with E-state index in [-0.39, 0.29) is 19.1 Å². The minimum Gasteiger partial charge on any atom is -0.493 e. The highest BCUT2D eigenvalue weighted by Gasteiger charge is 2.27. The molecule has 1 N–H and O–H groups in total. The summed E-state index contributed by atoms with van der Waals surface area (Å²) < 4.78 is 13.2. The number of carbonyl (C=O) groups is 1. The summed E-state index contributed by atoms with van der Waals surface area (Å²) in [7, 11) is 0. The van der Waals surface area contributed by atoms with Gasteiger partial charge in [-0.2, -0.15) is 4.98 Å². The van der Waals surface area contributed by atoms with E-state index in [1.807, 2.05) is 56.7 Å². The smallest absolute Gasteiger partial charge is 0.410 e. The number of aromatic nitrogens is 4. The van der Waals surface area contributed by atoms with Crippen molar-refractivity contribution in [3.05, 3.63) is 64.2 Å². The molecule has 1 aliphatic heterocycles. The number of ether oxygens (including phenoxy) is 2. The van der Waals surface area contributed by atoms with Gasteiger partial charge in [0, 0.05) is 38.3 Å². The second-order valence-electron chi connectivity index (χ2n) is 12.6. The van der Waals surface area contributed by atoms with Gasteiger partial charge in [-0.05, 0) is 82.2 Å². The molecule has 0 saturated heterocycles. The fourth-order valence-corrected chi connectivity index (χ4v) is 5.83. The van der Waals surface area contributed by atoms with Gasteiger partial charge in [-0.1, -0.05) is 38.8 Å². The Morgan fingerprint density at radius 3 is 2.59 bits per heavy atom. The first-order chi connectivity index (χ1) is 21.1. The number of fused-ring (bicyclic) bond motifs is 1. The van der Waals surface area contributed by atoms with Gasteiger partial charge in [0.1, 0.15) is 22.8 Å². The van der Waals surface area contributed by atoms with Crippen LogP contribution in [0.4, 0.5) is 16.6 Å². The summed E-state index contributed by atoms with van der Waals surface area (Å²) in [5, 5.41) is 4.03. The number of aryl methyl sites for hydroxylation is 1. The molecular formula is C34H46N6O4. The fraction of sp³-hybridized carbons (Fsp3) is 0.500. The molecule has 0 bridgehead atoms. The van der Waals surface area contributed by atoms with Crippen LogP contribution in [0.5, 0.6) is 0 Å².